The SMILES string of the molecule is Cc1cccc(CC(=O)N(Cc2ccc(Cl)c(Cl)c2)C(Cc2ccccc2)C(=O)NC2CCCCC2)c1. The number of nitrogens with zero attached hydrogens (tertiary/aromatic N) is 1. The molecule has 0 aromatic heterocycles. The summed E-state index contributed by atoms with van der Waals surface area (Å²) in [4.78, 5) is 29.4. The van der Waals surface area contributed by atoms with Gasteiger partial charge in [0.2, 0.25) is 11.8 Å². The smallest absolute Gasteiger partial charge is 0.243 e. The number of carbonyl (C=O) groups is 2. The number of carbonyl (C=O) groups excluding carboxylic acids is 2. The Balaban J connectivity index is 1.67. The summed E-state index contributed by atoms with van der Waals surface area (Å²) in [6.45, 7) is 2.27. The first kappa shape index (κ1) is 27.2. The third-order valence-corrected chi connectivity index (χ3v) is 7.74. The van der Waals surface area contributed by atoms with Crippen molar-refractivity contribution in [3.8, 4) is 0 Å². The molecule has 0 saturated heterocycles. The average Bonchev–Trinajstić information content (AvgIpc) is 2.89. The molecule has 3 aromatic carbocycles. The molecule has 6 heteroatoms. The number of aryl methyl sites for hydroxylation is 1. The molecule has 3 aromatic rings. The van der Waals surface area contributed by atoms with Gasteiger partial charge < -0.3 is 10.2 Å². The minimum absolute atomic E-state index is 0.101. The van der Waals surface area contributed by atoms with Crippen molar-refractivity contribution >= 4 is 35.0 Å². The first-order valence-corrected chi connectivity index (χ1v) is 13.8. The van der Waals surface area contributed by atoms with Gasteiger partial charge in [-0.25, -0.2) is 0 Å². The van der Waals surface area contributed by atoms with E-state index in [1.54, 1.807) is 17.0 Å². The summed E-state index contributed by atoms with van der Waals surface area (Å²) in [5.74, 6) is -0.204. The lowest BCUT2D eigenvalue weighted by atomic mass is 9.94. The molecule has 1 saturated carbocycles. The third kappa shape index (κ3) is 7.83. The van der Waals surface area contributed by atoms with Crippen LogP contribution in [0.4, 0.5) is 0 Å². The standard InChI is InChI=1S/C31H34Cl2N2O2/c1-22-9-8-12-24(17-22)20-30(36)35(21-25-15-16-27(32)28(33)18-25)29(19-23-10-4-2-5-11-23)31(37)34-26-13-6-3-7-14-26/h2,4-5,8-12,15-18,26,29H,3,6-7,13-14,19-21H2,1H3,(H,34,37). The van der Waals surface area contributed by atoms with Crippen molar-refractivity contribution in [1.29, 1.82) is 0 Å². The lowest BCUT2D eigenvalue weighted by Gasteiger charge is -2.33. The summed E-state index contributed by atoms with van der Waals surface area (Å²) in [6.07, 6.45) is 6.05. The van der Waals surface area contributed by atoms with Gasteiger partial charge in [0, 0.05) is 19.0 Å². The largest absolute Gasteiger partial charge is 0.352 e. The van der Waals surface area contributed by atoms with Crippen molar-refractivity contribution < 1.29 is 9.59 Å². The van der Waals surface area contributed by atoms with E-state index in [0.717, 1.165) is 47.9 Å². The summed E-state index contributed by atoms with van der Waals surface area (Å²) >= 11 is 12.5. The van der Waals surface area contributed by atoms with Gasteiger partial charge in [-0.1, -0.05) is 109 Å². The van der Waals surface area contributed by atoms with Gasteiger partial charge in [-0.15, -0.1) is 0 Å². The Morgan fingerprint density at radius 1 is 0.865 bits per heavy atom. The van der Waals surface area contributed by atoms with Gasteiger partial charge in [0.1, 0.15) is 6.04 Å². The van der Waals surface area contributed by atoms with Crippen LogP contribution < -0.4 is 5.32 Å². The van der Waals surface area contributed by atoms with Crippen LogP contribution >= 0.6 is 23.2 Å². The molecule has 0 aliphatic heterocycles. The highest BCUT2D eigenvalue weighted by Gasteiger charge is 2.32. The second-order valence-corrected chi connectivity index (χ2v) is 10.8. The van der Waals surface area contributed by atoms with Gasteiger partial charge in [0.25, 0.3) is 0 Å². The van der Waals surface area contributed by atoms with Crippen molar-refractivity contribution in [2.45, 2.75) is 70.5 Å². The summed E-state index contributed by atoms with van der Waals surface area (Å²) in [5.41, 5.74) is 3.86. The van der Waals surface area contributed by atoms with Gasteiger partial charge in [0.05, 0.1) is 16.5 Å². The van der Waals surface area contributed by atoms with Gasteiger partial charge in [0.15, 0.2) is 0 Å². The van der Waals surface area contributed by atoms with E-state index in [2.05, 4.69) is 5.32 Å². The number of hydrogen-bond acceptors (Lipinski definition) is 2. The molecule has 1 unspecified atom stereocenters. The van der Waals surface area contributed by atoms with Crippen LogP contribution in [0.3, 0.4) is 0 Å². The maximum Gasteiger partial charge on any atom is 0.243 e. The molecule has 1 aliphatic rings. The average molecular weight is 538 g/mol. The normalized spacial score (nSPS) is 14.7. The van der Waals surface area contributed by atoms with Gasteiger partial charge >= 0.3 is 0 Å². The molecule has 1 atom stereocenters. The van der Waals surface area contributed by atoms with E-state index in [9.17, 15) is 9.59 Å². The van der Waals surface area contributed by atoms with Crippen molar-refractivity contribution in [1.82, 2.24) is 10.2 Å². The Bertz CT molecular complexity index is 1210. The maximum absolute atomic E-state index is 13.9. The third-order valence-electron chi connectivity index (χ3n) is 7.00. The lowest BCUT2D eigenvalue weighted by molar-refractivity contribution is -0.141. The van der Waals surface area contributed by atoms with Crippen molar-refractivity contribution in [2.75, 3.05) is 0 Å². The number of nitrogens with one attached hydrogen (secondary N) is 1. The molecule has 4 nitrogen and oxygen atoms in total. The van der Waals surface area contributed by atoms with E-state index in [1.807, 2.05) is 67.6 Å². The molecule has 37 heavy (non-hydrogen) atoms. The number of benzene rings is 3. The minimum Gasteiger partial charge on any atom is -0.352 e. The Morgan fingerprint density at radius 3 is 2.30 bits per heavy atom. The second kappa shape index (κ2) is 13.1. The highest BCUT2D eigenvalue weighted by molar-refractivity contribution is 6.42. The minimum atomic E-state index is -0.656. The van der Waals surface area contributed by atoms with Crippen LogP contribution in [-0.2, 0) is 29.0 Å². The molecule has 4 rings (SSSR count). The zero-order valence-corrected chi connectivity index (χ0v) is 22.8. The highest BCUT2D eigenvalue weighted by Crippen LogP contribution is 2.25. The van der Waals surface area contributed by atoms with Gasteiger partial charge in [-0.2, -0.15) is 0 Å². The highest BCUT2D eigenvalue weighted by atomic mass is 35.5. The van der Waals surface area contributed by atoms with E-state index >= 15 is 0 Å². The molecule has 0 heterocycles. The van der Waals surface area contributed by atoms with Crippen LogP contribution in [0.5, 0.6) is 0 Å². The Morgan fingerprint density at radius 2 is 1.59 bits per heavy atom. The van der Waals surface area contributed by atoms with E-state index < -0.39 is 6.04 Å². The fraction of sp³-hybridized carbons (Fsp3) is 0.355. The second-order valence-electron chi connectivity index (χ2n) is 9.98. The molecule has 194 valence electrons. The van der Waals surface area contributed by atoms with E-state index in [1.165, 1.54) is 6.42 Å². The molecule has 0 bridgehead atoms. The Hall–Kier alpha value is -2.82. The lowest BCUT2D eigenvalue weighted by Crippen LogP contribution is -2.53. The van der Waals surface area contributed by atoms with Crippen LogP contribution in [0.1, 0.15) is 54.4 Å². The van der Waals surface area contributed by atoms with Crippen LogP contribution in [0.2, 0.25) is 10.0 Å². The first-order chi connectivity index (χ1) is 17.9. The van der Waals surface area contributed by atoms with Crippen molar-refractivity contribution in [3.05, 3.63) is 105 Å². The van der Waals surface area contributed by atoms with Gasteiger partial charge in [-0.05, 0) is 48.6 Å². The van der Waals surface area contributed by atoms with E-state index in [-0.39, 0.29) is 30.8 Å². The van der Waals surface area contributed by atoms with Crippen LogP contribution in [-0.4, -0.2) is 28.8 Å². The Labute approximate surface area is 230 Å². The number of halogens is 2. The molecular weight excluding hydrogens is 503 g/mol. The first-order valence-electron chi connectivity index (χ1n) is 13.0. The zero-order valence-electron chi connectivity index (χ0n) is 21.3. The van der Waals surface area contributed by atoms with Crippen molar-refractivity contribution in [2.24, 2.45) is 0 Å². The van der Waals surface area contributed by atoms with Crippen LogP contribution in [0, 0.1) is 6.92 Å². The number of amides is 2. The fourth-order valence-electron chi connectivity index (χ4n) is 5.03. The van der Waals surface area contributed by atoms with Gasteiger partial charge in [-0.3, -0.25) is 9.59 Å². The van der Waals surface area contributed by atoms with Crippen LogP contribution in [0.15, 0.2) is 72.8 Å². The monoisotopic (exact) mass is 536 g/mol. The summed E-state index contributed by atoms with van der Waals surface area (Å²) in [5, 5.41) is 4.16. The molecule has 0 spiro atoms. The summed E-state index contributed by atoms with van der Waals surface area (Å²) in [7, 11) is 0. The molecule has 1 N–H and O–H groups in total. The molecule has 2 amide bonds. The quantitative estimate of drug-likeness (QED) is 0.322. The predicted octanol–water partition coefficient (Wildman–Crippen LogP) is 6.93. The topological polar surface area (TPSA) is 49.4 Å². The van der Waals surface area contributed by atoms with Crippen molar-refractivity contribution in [3.63, 3.8) is 0 Å². The summed E-state index contributed by atoms with van der Waals surface area (Å²) in [6, 6.07) is 22.7. The summed E-state index contributed by atoms with van der Waals surface area (Å²) < 4.78 is 0. The number of rotatable bonds is 9. The fourth-order valence-corrected chi connectivity index (χ4v) is 5.35. The molecule has 1 aliphatic carbocycles. The van der Waals surface area contributed by atoms with E-state index in [4.69, 9.17) is 23.2 Å². The van der Waals surface area contributed by atoms with E-state index in [0.29, 0.717) is 16.5 Å². The maximum atomic E-state index is 13.9. The predicted molar refractivity (Wildman–Crippen MR) is 151 cm³/mol. The molecule has 1 fully saturated rings. The molecular formula is C31H34Cl2N2O2. The van der Waals surface area contributed by atoms with Crippen LogP contribution in [0.25, 0.3) is 0 Å². The molecule has 0 radical (unpaired) electrons. The Kier molecular flexibility index (Phi) is 9.65. The zero-order chi connectivity index (χ0) is 26.2. The number of hydrogen-bond donors (Lipinski definition) is 1.